The number of nitro benzene ring substituents is 1. The third kappa shape index (κ3) is 4.36. The Kier molecular flexibility index (Phi) is 5.97. The fourth-order valence-corrected chi connectivity index (χ4v) is 2.81. The van der Waals surface area contributed by atoms with Crippen molar-refractivity contribution in [3.63, 3.8) is 0 Å². The van der Waals surface area contributed by atoms with Crippen molar-refractivity contribution in [2.45, 2.75) is 6.54 Å². The van der Waals surface area contributed by atoms with E-state index in [4.69, 9.17) is 5.73 Å². The summed E-state index contributed by atoms with van der Waals surface area (Å²) in [5.74, 6) is -0.589. The maximum atomic E-state index is 11.9. The van der Waals surface area contributed by atoms with E-state index < -0.39 is 10.8 Å². The average Bonchev–Trinajstić information content (AvgIpc) is 2.59. The first kappa shape index (κ1) is 17.6. The maximum absolute atomic E-state index is 11.9. The van der Waals surface area contributed by atoms with Crippen molar-refractivity contribution in [1.82, 2.24) is 5.32 Å². The van der Waals surface area contributed by atoms with E-state index in [1.54, 1.807) is 0 Å². The molecule has 2 aromatic carbocycles. The van der Waals surface area contributed by atoms with E-state index in [2.05, 4.69) is 5.32 Å². The quantitative estimate of drug-likeness (QED) is 0.457. The zero-order valence-electron chi connectivity index (χ0n) is 13.1. The molecule has 24 heavy (non-hydrogen) atoms. The lowest BCUT2D eigenvalue weighted by Gasteiger charge is -2.14. The molecule has 0 spiro atoms. The number of non-ortho nitro benzene ring substituents is 1. The third-order valence-electron chi connectivity index (χ3n) is 3.34. The summed E-state index contributed by atoms with van der Waals surface area (Å²) < 4.78 is 0. The molecule has 1 amide bonds. The van der Waals surface area contributed by atoms with E-state index in [1.807, 2.05) is 36.6 Å². The second-order valence-electron chi connectivity index (χ2n) is 4.92. The van der Waals surface area contributed by atoms with Gasteiger partial charge in [-0.15, -0.1) is 11.8 Å². The number of hydrogen-bond donors (Lipinski definition) is 2. The molecule has 0 aliphatic carbocycles. The third-order valence-corrected chi connectivity index (χ3v) is 4.10. The molecule has 3 N–H and O–H groups in total. The first-order valence-corrected chi connectivity index (χ1v) is 8.36. The van der Waals surface area contributed by atoms with Crippen LogP contribution in [0.25, 0.3) is 5.57 Å². The van der Waals surface area contributed by atoms with Gasteiger partial charge in [0.25, 0.3) is 11.6 Å². The summed E-state index contributed by atoms with van der Waals surface area (Å²) in [4.78, 5) is 22.2. The van der Waals surface area contributed by atoms with Crippen LogP contribution in [0.15, 0.2) is 59.6 Å². The highest BCUT2D eigenvalue weighted by molar-refractivity contribution is 8.02. The molecule has 0 bridgehead atoms. The number of nitrogens with two attached hydrogens (primary N) is 1. The minimum Gasteiger partial charge on any atom is -0.375 e. The van der Waals surface area contributed by atoms with E-state index in [-0.39, 0.29) is 5.69 Å². The minimum absolute atomic E-state index is 0.0366. The van der Waals surface area contributed by atoms with Gasteiger partial charge in [0.15, 0.2) is 0 Å². The van der Waals surface area contributed by atoms with Crippen LogP contribution in [-0.4, -0.2) is 17.1 Å². The number of nitrogens with zero attached hydrogens (tertiary/aromatic N) is 1. The largest absolute Gasteiger partial charge is 0.375 e. The summed E-state index contributed by atoms with van der Waals surface area (Å²) in [7, 11) is 0. The Morgan fingerprint density at radius 1 is 1.17 bits per heavy atom. The maximum Gasteiger partial charge on any atom is 0.269 e. The van der Waals surface area contributed by atoms with E-state index >= 15 is 0 Å². The molecule has 0 aromatic heterocycles. The van der Waals surface area contributed by atoms with Crippen molar-refractivity contribution < 1.29 is 9.72 Å². The van der Waals surface area contributed by atoms with E-state index in [0.29, 0.717) is 22.7 Å². The molecule has 2 aromatic rings. The summed E-state index contributed by atoms with van der Waals surface area (Å²) in [5, 5.41) is 14.6. The molecule has 0 saturated carbocycles. The number of thioether (sulfide) groups is 1. The molecular weight excluding hydrogens is 326 g/mol. The Balaban J connectivity index is 2.32. The molecule has 0 aliphatic heterocycles. The van der Waals surface area contributed by atoms with Crippen molar-refractivity contribution in [1.29, 1.82) is 0 Å². The number of primary amides is 1. The number of nitro groups is 1. The van der Waals surface area contributed by atoms with Gasteiger partial charge in [0.1, 0.15) is 0 Å². The first-order chi connectivity index (χ1) is 11.5. The predicted molar refractivity (Wildman–Crippen MR) is 96.0 cm³/mol. The second kappa shape index (κ2) is 8.16. The molecule has 0 radical (unpaired) electrons. The molecule has 7 heteroatoms. The number of carbonyl (C=O) groups excluding carboxylic acids is 1. The van der Waals surface area contributed by atoms with Gasteiger partial charge in [-0.2, -0.15) is 0 Å². The van der Waals surface area contributed by atoms with Gasteiger partial charge in [-0.25, -0.2) is 0 Å². The number of rotatable bonds is 7. The summed E-state index contributed by atoms with van der Waals surface area (Å²) in [5.41, 5.74) is 7.41. The van der Waals surface area contributed by atoms with E-state index in [9.17, 15) is 14.9 Å². The Labute approximate surface area is 143 Å². The molecule has 0 heterocycles. The molecule has 6 nitrogen and oxygen atoms in total. The minimum atomic E-state index is -0.589. The van der Waals surface area contributed by atoms with Crippen LogP contribution in [0.1, 0.15) is 11.1 Å². The van der Waals surface area contributed by atoms with Crippen LogP contribution in [0, 0.1) is 10.1 Å². The molecular formula is C17H17N3O3S. The summed E-state index contributed by atoms with van der Waals surface area (Å²) in [6.07, 6.45) is 1.83. The fourth-order valence-electron chi connectivity index (χ4n) is 2.18. The van der Waals surface area contributed by atoms with Crippen LogP contribution in [0.2, 0.25) is 0 Å². The van der Waals surface area contributed by atoms with Crippen molar-refractivity contribution in [3.05, 3.63) is 80.9 Å². The van der Waals surface area contributed by atoms with Crippen LogP contribution in [0.5, 0.6) is 0 Å². The number of hydrogen-bond acceptors (Lipinski definition) is 5. The van der Waals surface area contributed by atoms with Crippen molar-refractivity contribution in [3.8, 4) is 0 Å². The molecule has 0 atom stereocenters. The average molecular weight is 343 g/mol. The van der Waals surface area contributed by atoms with Gasteiger partial charge in [0.2, 0.25) is 0 Å². The van der Waals surface area contributed by atoms with Crippen LogP contribution >= 0.6 is 11.8 Å². The van der Waals surface area contributed by atoms with Gasteiger partial charge < -0.3 is 11.1 Å². The number of amides is 1. The highest BCUT2D eigenvalue weighted by atomic mass is 32.2. The van der Waals surface area contributed by atoms with Crippen molar-refractivity contribution in [2.24, 2.45) is 5.73 Å². The zero-order valence-corrected chi connectivity index (χ0v) is 13.9. The zero-order chi connectivity index (χ0) is 17.5. The van der Waals surface area contributed by atoms with Crippen molar-refractivity contribution >= 4 is 28.9 Å². The van der Waals surface area contributed by atoms with Crippen LogP contribution in [-0.2, 0) is 11.3 Å². The molecule has 0 aliphatic rings. The Morgan fingerprint density at radius 3 is 2.29 bits per heavy atom. The topological polar surface area (TPSA) is 98.3 Å². The monoisotopic (exact) mass is 343 g/mol. The Bertz CT molecular complexity index is 758. The van der Waals surface area contributed by atoms with E-state index in [0.717, 1.165) is 5.56 Å². The summed E-state index contributed by atoms with van der Waals surface area (Å²) in [6, 6.07) is 15.5. The van der Waals surface area contributed by atoms with Gasteiger partial charge in [-0.3, -0.25) is 14.9 Å². The lowest BCUT2D eigenvalue weighted by Crippen LogP contribution is -2.20. The lowest BCUT2D eigenvalue weighted by molar-refractivity contribution is -0.384. The normalized spacial score (nSPS) is 11.5. The lowest BCUT2D eigenvalue weighted by atomic mass is 10.1. The van der Waals surface area contributed by atoms with Gasteiger partial charge in [-0.05, 0) is 29.5 Å². The smallest absolute Gasteiger partial charge is 0.269 e. The SMILES string of the molecule is CS/C(NCc1ccccc1)=C(\C(N)=O)c1ccc([N+](=O)[O-])cc1. The first-order valence-electron chi connectivity index (χ1n) is 7.13. The van der Waals surface area contributed by atoms with Crippen LogP contribution < -0.4 is 11.1 Å². The van der Waals surface area contributed by atoms with Gasteiger partial charge >= 0.3 is 0 Å². The van der Waals surface area contributed by atoms with Crippen LogP contribution in [0.4, 0.5) is 5.69 Å². The highest BCUT2D eigenvalue weighted by Crippen LogP contribution is 2.25. The summed E-state index contributed by atoms with van der Waals surface area (Å²) >= 11 is 1.36. The van der Waals surface area contributed by atoms with Gasteiger partial charge in [0, 0.05) is 18.7 Å². The number of nitrogens with one attached hydrogen (secondary N) is 1. The Morgan fingerprint density at radius 2 is 1.79 bits per heavy atom. The number of benzene rings is 2. The predicted octanol–water partition coefficient (Wildman–Crippen LogP) is 2.90. The van der Waals surface area contributed by atoms with Crippen molar-refractivity contribution in [2.75, 3.05) is 6.26 Å². The number of carbonyl (C=O) groups is 1. The molecule has 0 unspecified atom stereocenters. The standard InChI is InChI=1S/C17H17N3O3S/c1-24-17(19-11-12-5-3-2-4-6-12)15(16(18)21)13-7-9-14(10-8-13)20(22)23/h2-10,19H,11H2,1H3,(H2,18,21)/b17-15-. The molecule has 2 rings (SSSR count). The highest BCUT2D eigenvalue weighted by Gasteiger charge is 2.16. The van der Waals surface area contributed by atoms with E-state index in [1.165, 1.54) is 36.0 Å². The summed E-state index contributed by atoms with van der Waals surface area (Å²) in [6.45, 7) is 0.542. The van der Waals surface area contributed by atoms with Gasteiger partial charge in [-0.1, -0.05) is 30.3 Å². The fraction of sp³-hybridized carbons (Fsp3) is 0.118. The molecule has 124 valence electrons. The second-order valence-corrected chi connectivity index (χ2v) is 5.73. The Hall–Kier alpha value is -2.80. The molecule has 0 saturated heterocycles. The van der Waals surface area contributed by atoms with Gasteiger partial charge in [0.05, 0.1) is 15.5 Å². The molecule has 0 fully saturated rings. The van der Waals surface area contributed by atoms with Crippen LogP contribution in [0.3, 0.4) is 0 Å².